The molecule has 1 N–H and O–H groups in total. The number of amides is 1. The number of pyridine rings is 1. The molecule has 0 aliphatic rings. The van der Waals surface area contributed by atoms with Crippen molar-refractivity contribution in [3.8, 4) is 5.75 Å². The lowest BCUT2D eigenvalue weighted by Gasteiger charge is -2.06. The maximum atomic E-state index is 11.6. The molecule has 0 fully saturated rings. The first-order chi connectivity index (χ1) is 8.25. The Hall–Kier alpha value is -1.78. The van der Waals surface area contributed by atoms with Gasteiger partial charge >= 0.3 is 5.91 Å². The van der Waals surface area contributed by atoms with Gasteiger partial charge in [-0.15, -0.1) is 12.4 Å². The molecule has 2 aromatic rings. The van der Waals surface area contributed by atoms with Crippen LogP contribution in [0.2, 0.25) is 5.02 Å². The molecular formula is C12H10Cl2N2O2. The van der Waals surface area contributed by atoms with Gasteiger partial charge in [-0.25, -0.2) is 0 Å². The van der Waals surface area contributed by atoms with Crippen molar-refractivity contribution >= 4 is 29.9 Å². The highest BCUT2D eigenvalue weighted by atomic mass is 35.5. The van der Waals surface area contributed by atoms with Gasteiger partial charge in [-0.1, -0.05) is 17.7 Å². The van der Waals surface area contributed by atoms with Crippen molar-refractivity contribution in [3.63, 3.8) is 0 Å². The summed E-state index contributed by atoms with van der Waals surface area (Å²) in [6.45, 7) is 0. The molecule has 94 valence electrons. The molecule has 0 saturated heterocycles. The van der Waals surface area contributed by atoms with Gasteiger partial charge in [0, 0.05) is 11.2 Å². The Morgan fingerprint density at radius 2 is 1.89 bits per heavy atom. The van der Waals surface area contributed by atoms with Gasteiger partial charge in [0.2, 0.25) is 0 Å². The molecule has 0 spiro atoms. The van der Waals surface area contributed by atoms with Crippen LogP contribution in [0.1, 0.15) is 10.5 Å². The van der Waals surface area contributed by atoms with Gasteiger partial charge in [0.1, 0.15) is 5.69 Å². The van der Waals surface area contributed by atoms with Crippen LogP contribution in [0.25, 0.3) is 0 Å². The molecule has 0 saturated carbocycles. The highest BCUT2D eigenvalue weighted by Gasteiger charge is 2.06. The van der Waals surface area contributed by atoms with Gasteiger partial charge in [-0.2, -0.15) is 5.48 Å². The third-order valence-corrected chi connectivity index (χ3v) is 2.22. The van der Waals surface area contributed by atoms with Crippen LogP contribution in [-0.4, -0.2) is 10.9 Å². The van der Waals surface area contributed by atoms with Crippen LogP contribution in [0.5, 0.6) is 5.75 Å². The summed E-state index contributed by atoms with van der Waals surface area (Å²) in [5, 5.41) is 0.605. The van der Waals surface area contributed by atoms with Crippen molar-refractivity contribution in [2.24, 2.45) is 0 Å². The van der Waals surface area contributed by atoms with Gasteiger partial charge in [-0.05, 0) is 36.4 Å². The summed E-state index contributed by atoms with van der Waals surface area (Å²) in [6.07, 6.45) is 1.54. The number of carbonyl (C=O) groups excluding carboxylic acids is 1. The Kier molecular flexibility index (Phi) is 5.42. The molecule has 1 heterocycles. The van der Waals surface area contributed by atoms with Gasteiger partial charge in [0.05, 0.1) is 0 Å². The standard InChI is InChI=1S/C12H9ClN2O2.ClH/c13-9-4-6-10(7-5-9)17-15-12(16)11-3-1-2-8-14-11;/h1-8H,(H,15,16);1H. The zero-order chi connectivity index (χ0) is 12.1. The number of halogens is 2. The van der Waals surface area contributed by atoms with Crippen molar-refractivity contribution in [2.45, 2.75) is 0 Å². The molecule has 1 aromatic heterocycles. The minimum atomic E-state index is -0.402. The second-order valence-electron chi connectivity index (χ2n) is 3.20. The average Bonchev–Trinajstić information content (AvgIpc) is 2.39. The van der Waals surface area contributed by atoms with E-state index in [0.717, 1.165) is 0 Å². The normalized spacial score (nSPS) is 9.17. The summed E-state index contributed by atoms with van der Waals surface area (Å²) >= 11 is 5.72. The molecule has 1 amide bonds. The van der Waals surface area contributed by atoms with E-state index in [1.165, 1.54) is 6.20 Å². The second-order valence-corrected chi connectivity index (χ2v) is 3.64. The van der Waals surface area contributed by atoms with E-state index in [4.69, 9.17) is 16.4 Å². The fourth-order valence-corrected chi connectivity index (χ4v) is 1.28. The summed E-state index contributed by atoms with van der Waals surface area (Å²) in [4.78, 5) is 20.5. The Labute approximate surface area is 115 Å². The fraction of sp³-hybridized carbons (Fsp3) is 0. The molecule has 4 nitrogen and oxygen atoms in total. The monoisotopic (exact) mass is 284 g/mol. The Balaban J connectivity index is 0.00000162. The zero-order valence-electron chi connectivity index (χ0n) is 9.17. The van der Waals surface area contributed by atoms with Crippen LogP contribution in [0.15, 0.2) is 48.7 Å². The summed E-state index contributed by atoms with van der Waals surface area (Å²) in [5.74, 6) is 0.0965. The second kappa shape index (κ2) is 6.83. The van der Waals surface area contributed by atoms with E-state index >= 15 is 0 Å². The highest BCUT2D eigenvalue weighted by molar-refractivity contribution is 6.30. The minimum Gasteiger partial charge on any atom is -0.379 e. The molecule has 1 aromatic carbocycles. The quantitative estimate of drug-likeness (QED) is 0.882. The molecule has 0 aliphatic carbocycles. The molecule has 18 heavy (non-hydrogen) atoms. The molecule has 2 rings (SSSR count). The van der Waals surface area contributed by atoms with Crippen molar-refractivity contribution in [2.75, 3.05) is 0 Å². The summed E-state index contributed by atoms with van der Waals surface area (Å²) in [6, 6.07) is 11.7. The number of aromatic nitrogens is 1. The topological polar surface area (TPSA) is 51.2 Å². The lowest BCUT2D eigenvalue weighted by Crippen LogP contribution is -2.27. The largest absolute Gasteiger partial charge is 0.379 e. The number of hydrogen-bond acceptors (Lipinski definition) is 3. The average molecular weight is 285 g/mol. The van der Waals surface area contributed by atoms with Crippen molar-refractivity contribution in [1.82, 2.24) is 10.5 Å². The Bertz CT molecular complexity index is 503. The van der Waals surface area contributed by atoms with Crippen LogP contribution in [0.3, 0.4) is 0 Å². The van der Waals surface area contributed by atoms with E-state index in [-0.39, 0.29) is 12.4 Å². The molecule has 0 bridgehead atoms. The van der Waals surface area contributed by atoms with E-state index in [9.17, 15) is 4.79 Å². The van der Waals surface area contributed by atoms with E-state index in [1.54, 1.807) is 42.5 Å². The van der Waals surface area contributed by atoms with Crippen LogP contribution in [-0.2, 0) is 0 Å². The Morgan fingerprint density at radius 1 is 1.17 bits per heavy atom. The zero-order valence-corrected chi connectivity index (χ0v) is 10.7. The van der Waals surface area contributed by atoms with Crippen LogP contribution in [0, 0.1) is 0 Å². The van der Waals surface area contributed by atoms with Gasteiger partial charge in [0.25, 0.3) is 0 Å². The van der Waals surface area contributed by atoms with E-state index in [0.29, 0.717) is 16.5 Å². The fourth-order valence-electron chi connectivity index (χ4n) is 1.16. The maximum absolute atomic E-state index is 11.6. The third-order valence-electron chi connectivity index (χ3n) is 1.97. The molecule has 0 atom stereocenters. The number of nitrogens with one attached hydrogen (secondary N) is 1. The number of hydroxylamine groups is 1. The van der Waals surface area contributed by atoms with Crippen molar-refractivity contribution < 1.29 is 9.63 Å². The van der Waals surface area contributed by atoms with Crippen LogP contribution < -0.4 is 10.3 Å². The first-order valence-electron chi connectivity index (χ1n) is 4.89. The number of nitrogens with zero attached hydrogens (tertiary/aromatic N) is 1. The highest BCUT2D eigenvalue weighted by Crippen LogP contribution is 2.14. The molecular weight excluding hydrogens is 275 g/mol. The molecule has 0 aliphatic heterocycles. The summed E-state index contributed by atoms with van der Waals surface area (Å²) < 4.78 is 0. The van der Waals surface area contributed by atoms with E-state index < -0.39 is 5.91 Å². The number of carbonyl (C=O) groups is 1. The van der Waals surface area contributed by atoms with Gasteiger partial charge in [0.15, 0.2) is 5.75 Å². The predicted octanol–water partition coefficient (Wildman–Crippen LogP) is 2.88. The third kappa shape index (κ3) is 3.91. The van der Waals surface area contributed by atoms with Crippen molar-refractivity contribution in [1.29, 1.82) is 0 Å². The maximum Gasteiger partial charge on any atom is 0.302 e. The first kappa shape index (κ1) is 14.3. The minimum absolute atomic E-state index is 0. The first-order valence-corrected chi connectivity index (χ1v) is 5.27. The molecule has 6 heteroatoms. The molecule has 0 radical (unpaired) electrons. The summed E-state index contributed by atoms with van der Waals surface area (Å²) in [5.41, 5.74) is 2.58. The number of hydrogen-bond donors (Lipinski definition) is 1. The lowest BCUT2D eigenvalue weighted by atomic mass is 10.3. The predicted molar refractivity (Wildman–Crippen MR) is 71.0 cm³/mol. The lowest BCUT2D eigenvalue weighted by molar-refractivity contribution is 0.0754. The number of benzene rings is 1. The number of rotatable bonds is 3. The van der Waals surface area contributed by atoms with Gasteiger partial charge < -0.3 is 4.84 Å². The van der Waals surface area contributed by atoms with Gasteiger partial charge in [-0.3, -0.25) is 9.78 Å². The molecule has 0 unspecified atom stereocenters. The Morgan fingerprint density at radius 3 is 2.50 bits per heavy atom. The van der Waals surface area contributed by atoms with E-state index in [2.05, 4.69) is 10.5 Å². The van der Waals surface area contributed by atoms with Crippen LogP contribution in [0.4, 0.5) is 0 Å². The van der Waals surface area contributed by atoms with E-state index in [1.807, 2.05) is 0 Å². The van der Waals surface area contributed by atoms with Crippen LogP contribution >= 0.6 is 24.0 Å². The smallest absolute Gasteiger partial charge is 0.302 e. The summed E-state index contributed by atoms with van der Waals surface area (Å²) in [7, 11) is 0. The van der Waals surface area contributed by atoms with Crippen molar-refractivity contribution in [3.05, 3.63) is 59.4 Å². The SMILES string of the molecule is Cl.O=C(NOc1ccc(Cl)cc1)c1ccccn1.